The standard InChI is InChI=1S/C13H20N2O2/c1-2-3-9-4-6-10(7-5-9)12-14-8-11(15-12)13(16)17/h8-10H,2-7H2,1H3,(H,14,15)(H,16,17). The van der Waals surface area contributed by atoms with Crippen molar-refractivity contribution in [1.82, 2.24) is 9.97 Å². The molecule has 1 aliphatic carbocycles. The molecule has 1 aromatic rings. The first-order valence-electron chi connectivity index (χ1n) is 6.49. The van der Waals surface area contributed by atoms with E-state index in [9.17, 15) is 4.79 Å². The predicted octanol–water partition coefficient (Wildman–Crippen LogP) is 3.18. The molecule has 1 aromatic heterocycles. The van der Waals surface area contributed by atoms with Crippen molar-refractivity contribution in [2.75, 3.05) is 0 Å². The molecule has 1 saturated carbocycles. The monoisotopic (exact) mass is 236 g/mol. The normalized spacial score (nSPS) is 24.8. The number of aromatic carboxylic acids is 1. The number of nitrogens with zero attached hydrogens (tertiary/aromatic N) is 1. The second-order valence-electron chi connectivity index (χ2n) is 4.99. The van der Waals surface area contributed by atoms with E-state index < -0.39 is 5.97 Å². The van der Waals surface area contributed by atoms with E-state index in [1.54, 1.807) is 0 Å². The fourth-order valence-electron chi connectivity index (χ4n) is 2.79. The number of carboxylic acids is 1. The van der Waals surface area contributed by atoms with Crippen molar-refractivity contribution < 1.29 is 9.90 Å². The third-order valence-corrected chi connectivity index (χ3v) is 3.76. The number of nitrogens with one attached hydrogen (secondary N) is 1. The minimum atomic E-state index is -0.927. The molecule has 17 heavy (non-hydrogen) atoms. The Morgan fingerprint density at radius 3 is 2.71 bits per heavy atom. The van der Waals surface area contributed by atoms with Gasteiger partial charge in [-0.1, -0.05) is 19.8 Å². The van der Waals surface area contributed by atoms with Crippen molar-refractivity contribution in [3.63, 3.8) is 0 Å². The van der Waals surface area contributed by atoms with E-state index >= 15 is 0 Å². The number of hydrogen-bond donors (Lipinski definition) is 2. The number of H-pyrrole nitrogens is 1. The smallest absolute Gasteiger partial charge is 0.353 e. The van der Waals surface area contributed by atoms with Crippen molar-refractivity contribution >= 4 is 5.97 Å². The summed E-state index contributed by atoms with van der Waals surface area (Å²) in [6.07, 6.45) is 8.79. The van der Waals surface area contributed by atoms with E-state index in [-0.39, 0.29) is 5.69 Å². The zero-order valence-electron chi connectivity index (χ0n) is 10.3. The fourth-order valence-corrected chi connectivity index (χ4v) is 2.79. The summed E-state index contributed by atoms with van der Waals surface area (Å²) >= 11 is 0. The maximum Gasteiger partial charge on any atom is 0.353 e. The molecule has 1 aliphatic rings. The van der Waals surface area contributed by atoms with Gasteiger partial charge in [-0.05, 0) is 31.6 Å². The highest BCUT2D eigenvalue weighted by atomic mass is 16.4. The lowest BCUT2D eigenvalue weighted by Crippen LogP contribution is -2.14. The molecule has 0 aromatic carbocycles. The molecule has 0 aliphatic heterocycles. The average Bonchev–Trinajstić information content (AvgIpc) is 2.80. The highest BCUT2D eigenvalue weighted by Crippen LogP contribution is 2.36. The Hall–Kier alpha value is -1.32. The fraction of sp³-hybridized carbons (Fsp3) is 0.692. The Labute approximate surface area is 101 Å². The second-order valence-corrected chi connectivity index (χ2v) is 4.99. The van der Waals surface area contributed by atoms with Gasteiger partial charge in [-0.15, -0.1) is 0 Å². The molecule has 4 nitrogen and oxygen atoms in total. The molecule has 0 spiro atoms. The zero-order valence-corrected chi connectivity index (χ0v) is 10.3. The number of carboxylic acid groups (broad SMARTS) is 1. The Balaban J connectivity index is 1.93. The molecule has 4 heteroatoms. The van der Waals surface area contributed by atoms with Crippen LogP contribution in [0.15, 0.2) is 6.20 Å². The van der Waals surface area contributed by atoms with E-state index in [2.05, 4.69) is 16.9 Å². The average molecular weight is 236 g/mol. The van der Waals surface area contributed by atoms with Crippen LogP contribution in [0.2, 0.25) is 0 Å². The molecule has 1 fully saturated rings. The summed E-state index contributed by atoms with van der Waals surface area (Å²) in [6.45, 7) is 2.23. The molecule has 0 unspecified atom stereocenters. The minimum absolute atomic E-state index is 0.204. The maximum absolute atomic E-state index is 10.8. The van der Waals surface area contributed by atoms with Crippen molar-refractivity contribution in [2.45, 2.75) is 51.4 Å². The molecule has 0 saturated heterocycles. The number of aromatic nitrogens is 2. The number of rotatable bonds is 4. The highest BCUT2D eigenvalue weighted by Gasteiger charge is 2.24. The van der Waals surface area contributed by atoms with Gasteiger partial charge in [0.15, 0.2) is 0 Å². The Bertz CT molecular complexity index is 379. The largest absolute Gasteiger partial charge is 0.477 e. The molecule has 0 bridgehead atoms. The SMILES string of the molecule is CCCC1CCC(c2ncc(C(=O)O)[nH]2)CC1. The first-order valence-corrected chi connectivity index (χ1v) is 6.49. The van der Waals surface area contributed by atoms with Crippen molar-refractivity contribution in [1.29, 1.82) is 0 Å². The van der Waals surface area contributed by atoms with Gasteiger partial charge in [0.25, 0.3) is 0 Å². The predicted molar refractivity (Wildman–Crippen MR) is 65.2 cm³/mol. The van der Waals surface area contributed by atoms with Crippen LogP contribution < -0.4 is 0 Å². The quantitative estimate of drug-likeness (QED) is 0.843. The van der Waals surface area contributed by atoms with Crippen LogP contribution in [-0.4, -0.2) is 21.0 Å². The van der Waals surface area contributed by atoms with Gasteiger partial charge in [0, 0.05) is 5.92 Å². The van der Waals surface area contributed by atoms with Gasteiger partial charge in [-0.2, -0.15) is 0 Å². The summed E-state index contributed by atoms with van der Waals surface area (Å²) < 4.78 is 0. The maximum atomic E-state index is 10.8. The Kier molecular flexibility index (Phi) is 3.82. The van der Waals surface area contributed by atoms with Gasteiger partial charge in [0.2, 0.25) is 0 Å². The molecule has 94 valence electrons. The van der Waals surface area contributed by atoms with Gasteiger partial charge in [-0.3, -0.25) is 0 Å². The Morgan fingerprint density at radius 2 is 2.18 bits per heavy atom. The molecule has 2 rings (SSSR count). The van der Waals surface area contributed by atoms with Crippen LogP contribution in [-0.2, 0) is 0 Å². The summed E-state index contributed by atoms with van der Waals surface area (Å²) in [5.41, 5.74) is 0.204. The van der Waals surface area contributed by atoms with E-state index in [1.807, 2.05) is 0 Å². The summed E-state index contributed by atoms with van der Waals surface area (Å²) in [4.78, 5) is 17.9. The van der Waals surface area contributed by atoms with Gasteiger partial charge in [0.05, 0.1) is 6.20 Å². The molecule has 2 N–H and O–H groups in total. The lowest BCUT2D eigenvalue weighted by atomic mass is 9.80. The van der Waals surface area contributed by atoms with Gasteiger partial charge >= 0.3 is 5.97 Å². The molecular formula is C13H20N2O2. The van der Waals surface area contributed by atoms with Crippen molar-refractivity contribution in [3.05, 3.63) is 17.7 Å². The first kappa shape index (κ1) is 12.1. The highest BCUT2D eigenvalue weighted by molar-refractivity contribution is 5.85. The molecular weight excluding hydrogens is 216 g/mol. The van der Waals surface area contributed by atoms with Gasteiger partial charge in [0.1, 0.15) is 11.5 Å². The molecule has 0 atom stereocenters. The number of hydrogen-bond acceptors (Lipinski definition) is 2. The summed E-state index contributed by atoms with van der Waals surface area (Å²) in [5, 5.41) is 8.84. The summed E-state index contributed by atoms with van der Waals surface area (Å²) in [6, 6.07) is 0. The zero-order chi connectivity index (χ0) is 12.3. The van der Waals surface area contributed by atoms with Gasteiger partial charge < -0.3 is 10.1 Å². The van der Waals surface area contributed by atoms with Crippen molar-refractivity contribution in [2.24, 2.45) is 5.92 Å². The number of carbonyl (C=O) groups is 1. The minimum Gasteiger partial charge on any atom is -0.477 e. The third kappa shape index (κ3) is 2.87. The van der Waals surface area contributed by atoms with E-state index in [0.717, 1.165) is 24.6 Å². The Morgan fingerprint density at radius 1 is 1.47 bits per heavy atom. The van der Waals surface area contributed by atoms with E-state index in [4.69, 9.17) is 5.11 Å². The lowest BCUT2D eigenvalue weighted by molar-refractivity contribution is 0.0691. The number of imidazole rings is 1. The molecule has 1 heterocycles. The van der Waals surface area contributed by atoms with Crippen LogP contribution in [0.4, 0.5) is 0 Å². The van der Waals surface area contributed by atoms with Crippen LogP contribution in [0.1, 0.15) is 67.7 Å². The molecule has 0 radical (unpaired) electrons. The first-order chi connectivity index (χ1) is 8.20. The van der Waals surface area contributed by atoms with Crippen molar-refractivity contribution in [3.8, 4) is 0 Å². The van der Waals surface area contributed by atoms with Crippen LogP contribution in [0.3, 0.4) is 0 Å². The number of aromatic amines is 1. The second kappa shape index (κ2) is 5.34. The molecule has 0 amide bonds. The van der Waals surface area contributed by atoms with Gasteiger partial charge in [-0.25, -0.2) is 9.78 Å². The van der Waals surface area contributed by atoms with Crippen LogP contribution in [0.5, 0.6) is 0 Å². The van der Waals surface area contributed by atoms with Crippen LogP contribution in [0, 0.1) is 5.92 Å². The van der Waals surface area contributed by atoms with Crippen LogP contribution in [0.25, 0.3) is 0 Å². The van der Waals surface area contributed by atoms with Crippen LogP contribution >= 0.6 is 0 Å². The van der Waals surface area contributed by atoms with E-state index in [0.29, 0.717) is 5.92 Å². The lowest BCUT2D eigenvalue weighted by Gasteiger charge is -2.27. The topological polar surface area (TPSA) is 66.0 Å². The summed E-state index contributed by atoms with van der Waals surface area (Å²) in [7, 11) is 0. The third-order valence-electron chi connectivity index (χ3n) is 3.76. The summed E-state index contributed by atoms with van der Waals surface area (Å²) in [5.74, 6) is 1.22. The van der Waals surface area contributed by atoms with E-state index in [1.165, 1.54) is 31.9 Å².